The van der Waals surface area contributed by atoms with Crippen molar-refractivity contribution < 1.29 is 14.2 Å². The fraction of sp³-hybridized carbons (Fsp3) is 0.600. The summed E-state index contributed by atoms with van der Waals surface area (Å²) in [4.78, 5) is 0. The second-order valence-electron chi connectivity index (χ2n) is 5.25. The van der Waals surface area contributed by atoms with E-state index in [1.807, 2.05) is 45.0 Å². The molecule has 0 N–H and O–H groups in total. The van der Waals surface area contributed by atoms with Crippen molar-refractivity contribution >= 4 is 22.6 Å². The summed E-state index contributed by atoms with van der Waals surface area (Å²) in [6, 6.07) is 8.02. The van der Waals surface area contributed by atoms with E-state index in [9.17, 15) is 0 Å². The van der Waals surface area contributed by atoms with Gasteiger partial charge >= 0.3 is 0 Å². The predicted octanol–water partition coefficient (Wildman–Crippen LogP) is 4.00. The van der Waals surface area contributed by atoms with Gasteiger partial charge in [0.25, 0.3) is 0 Å². The number of alkyl halides is 1. The van der Waals surface area contributed by atoms with Crippen molar-refractivity contribution in [2.24, 2.45) is 0 Å². The van der Waals surface area contributed by atoms with Gasteiger partial charge in [0.2, 0.25) is 0 Å². The van der Waals surface area contributed by atoms with Gasteiger partial charge in [-0.25, -0.2) is 0 Å². The van der Waals surface area contributed by atoms with E-state index in [2.05, 4.69) is 22.6 Å². The van der Waals surface area contributed by atoms with Crippen LogP contribution < -0.4 is 4.74 Å². The van der Waals surface area contributed by atoms with E-state index in [0.29, 0.717) is 13.2 Å². The third-order valence-corrected chi connectivity index (χ3v) is 3.37. The first-order chi connectivity index (χ1) is 8.96. The summed E-state index contributed by atoms with van der Waals surface area (Å²) in [6.07, 6.45) is 0.107. The van der Waals surface area contributed by atoms with Crippen LogP contribution in [0.2, 0.25) is 0 Å². The zero-order chi connectivity index (χ0) is 14.3. The molecule has 108 valence electrons. The second kappa shape index (κ2) is 8.07. The molecule has 1 rings (SSSR count). The Hall–Kier alpha value is -0.330. The summed E-state index contributed by atoms with van der Waals surface area (Å²) in [6.45, 7) is 7.37. The molecule has 4 heteroatoms. The van der Waals surface area contributed by atoms with E-state index in [4.69, 9.17) is 14.2 Å². The Morgan fingerprint density at radius 1 is 1.11 bits per heavy atom. The Balaban J connectivity index is 2.44. The highest BCUT2D eigenvalue weighted by molar-refractivity contribution is 14.1. The Labute approximate surface area is 129 Å². The summed E-state index contributed by atoms with van der Waals surface area (Å²) in [5.41, 5.74) is 1.06. The highest BCUT2D eigenvalue weighted by atomic mass is 127. The normalized spacial score (nSPS) is 13.3. The van der Waals surface area contributed by atoms with Crippen LogP contribution in [0.15, 0.2) is 24.3 Å². The van der Waals surface area contributed by atoms with Gasteiger partial charge in [0.15, 0.2) is 0 Å². The monoisotopic (exact) mass is 378 g/mol. The first-order valence-corrected chi connectivity index (χ1v) is 7.94. The quantitative estimate of drug-likeness (QED) is 0.408. The second-order valence-corrected chi connectivity index (χ2v) is 6.13. The van der Waals surface area contributed by atoms with Gasteiger partial charge in [-0.1, -0.05) is 34.7 Å². The van der Waals surface area contributed by atoms with Crippen molar-refractivity contribution in [1.29, 1.82) is 0 Å². The standard InChI is InChI=1S/C15H23IO3/c1-15(2,3)19-10-9-18-14(11-16)12-5-7-13(17-4)8-6-12/h5-8,14H,9-11H2,1-4H3. The Kier molecular flexibility index (Phi) is 7.10. The van der Waals surface area contributed by atoms with Crippen LogP contribution in [0, 0.1) is 0 Å². The van der Waals surface area contributed by atoms with Crippen molar-refractivity contribution in [1.82, 2.24) is 0 Å². The van der Waals surface area contributed by atoms with Crippen molar-refractivity contribution in [3.63, 3.8) is 0 Å². The minimum Gasteiger partial charge on any atom is -0.497 e. The smallest absolute Gasteiger partial charge is 0.118 e. The van der Waals surface area contributed by atoms with Crippen LogP contribution in [0.5, 0.6) is 5.75 Å². The van der Waals surface area contributed by atoms with Gasteiger partial charge in [0, 0.05) is 4.43 Å². The number of methoxy groups -OCH3 is 1. The average molecular weight is 378 g/mol. The van der Waals surface area contributed by atoms with Gasteiger partial charge in [0.05, 0.1) is 32.0 Å². The lowest BCUT2D eigenvalue weighted by atomic mass is 10.1. The van der Waals surface area contributed by atoms with E-state index in [-0.39, 0.29) is 11.7 Å². The third-order valence-electron chi connectivity index (χ3n) is 2.57. The van der Waals surface area contributed by atoms with Crippen LogP contribution in [-0.2, 0) is 9.47 Å². The fourth-order valence-corrected chi connectivity index (χ4v) is 2.35. The minimum absolute atomic E-state index is 0.107. The maximum absolute atomic E-state index is 5.87. The molecule has 0 amide bonds. The van der Waals surface area contributed by atoms with Crippen LogP contribution >= 0.6 is 22.6 Å². The molecule has 0 spiro atoms. The lowest BCUT2D eigenvalue weighted by Crippen LogP contribution is -2.22. The van der Waals surface area contributed by atoms with Crippen molar-refractivity contribution in [2.75, 3.05) is 24.8 Å². The number of rotatable bonds is 7. The fourth-order valence-electron chi connectivity index (χ4n) is 1.59. The maximum atomic E-state index is 5.87. The molecule has 0 aromatic heterocycles. The lowest BCUT2D eigenvalue weighted by molar-refractivity contribution is -0.0477. The van der Waals surface area contributed by atoms with Gasteiger partial charge in [-0.3, -0.25) is 0 Å². The molecule has 0 aliphatic heterocycles. The summed E-state index contributed by atoms with van der Waals surface area (Å²) < 4.78 is 17.6. The molecule has 0 saturated carbocycles. The van der Waals surface area contributed by atoms with Crippen LogP contribution in [0.25, 0.3) is 0 Å². The SMILES string of the molecule is COc1ccc(C(CI)OCCOC(C)(C)C)cc1. The average Bonchev–Trinajstić information content (AvgIpc) is 2.38. The van der Waals surface area contributed by atoms with Gasteiger partial charge in [-0.05, 0) is 38.5 Å². The molecule has 0 heterocycles. The molecule has 1 atom stereocenters. The summed E-state index contributed by atoms with van der Waals surface area (Å²) in [5.74, 6) is 0.868. The molecular weight excluding hydrogens is 355 g/mol. The molecule has 3 nitrogen and oxygen atoms in total. The third kappa shape index (κ3) is 6.58. The zero-order valence-electron chi connectivity index (χ0n) is 12.1. The van der Waals surface area contributed by atoms with E-state index >= 15 is 0 Å². The number of hydrogen-bond acceptors (Lipinski definition) is 3. The predicted molar refractivity (Wildman–Crippen MR) is 86.3 cm³/mol. The number of hydrogen-bond donors (Lipinski definition) is 0. The number of benzene rings is 1. The first kappa shape index (κ1) is 16.7. The molecule has 1 aromatic carbocycles. The van der Waals surface area contributed by atoms with E-state index in [1.54, 1.807) is 7.11 Å². The molecule has 0 aliphatic carbocycles. The zero-order valence-corrected chi connectivity index (χ0v) is 14.3. The number of ether oxygens (including phenoxy) is 3. The van der Waals surface area contributed by atoms with Crippen molar-refractivity contribution in [3.05, 3.63) is 29.8 Å². The van der Waals surface area contributed by atoms with Crippen LogP contribution in [0.3, 0.4) is 0 Å². The molecular formula is C15H23IO3. The molecule has 0 bridgehead atoms. The molecule has 0 aliphatic rings. The molecule has 1 unspecified atom stereocenters. The van der Waals surface area contributed by atoms with Gasteiger partial charge in [-0.2, -0.15) is 0 Å². The Morgan fingerprint density at radius 3 is 2.21 bits per heavy atom. The van der Waals surface area contributed by atoms with E-state index in [0.717, 1.165) is 10.2 Å². The van der Waals surface area contributed by atoms with Gasteiger partial charge in [-0.15, -0.1) is 0 Å². The maximum Gasteiger partial charge on any atom is 0.118 e. The van der Waals surface area contributed by atoms with E-state index < -0.39 is 0 Å². The molecule has 0 radical (unpaired) electrons. The molecule has 0 saturated heterocycles. The number of halogens is 1. The molecule has 19 heavy (non-hydrogen) atoms. The molecule has 0 fully saturated rings. The Morgan fingerprint density at radius 2 is 1.74 bits per heavy atom. The van der Waals surface area contributed by atoms with Crippen LogP contribution in [0.4, 0.5) is 0 Å². The van der Waals surface area contributed by atoms with Crippen molar-refractivity contribution in [3.8, 4) is 5.75 Å². The van der Waals surface area contributed by atoms with Gasteiger partial charge < -0.3 is 14.2 Å². The summed E-state index contributed by atoms with van der Waals surface area (Å²) in [7, 11) is 1.67. The van der Waals surface area contributed by atoms with Crippen molar-refractivity contribution in [2.45, 2.75) is 32.5 Å². The Bertz CT molecular complexity index is 357. The lowest BCUT2D eigenvalue weighted by Gasteiger charge is -2.21. The van der Waals surface area contributed by atoms with Crippen LogP contribution in [0.1, 0.15) is 32.4 Å². The minimum atomic E-state index is -0.108. The topological polar surface area (TPSA) is 27.7 Å². The summed E-state index contributed by atoms with van der Waals surface area (Å²) >= 11 is 2.34. The van der Waals surface area contributed by atoms with Gasteiger partial charge in [0.1, 0.15) is 5.75 Å². The molecule has 1 aromatic rings. The first-order valence-electron chi connectivity index (χ1n) is 6.42. The van der Waals surface area contributed by atoms with Crippen LogP contribution in [-0.4, -0.2) is 30.4 Å². The van der Waals surface area contributed by atoms with E-state index in [1.165, 1.54) is 5.56 Å². The highest BCUT2D eigenvalue weighted by Gasteiger charge is 2.13. The highest BCUT2D eigenvalue weighted by Crippen LogP contribution is 2.22. The summed E-state index contributed by atoms with van der Waals surface area (Å²) in [5, 5.41) is 0. The largest absolute Gasteiger partial charge is 0.497 e.